The topological polar surface area (TPSA) is 128 Å². The second-order valence-corrected chi connectivity index (χ2v) is 5.56. The number of anilines is 1. The SMILES string of the molecule is O=C(COC(=O)Cc1ccccc1[N+](=O)[O-])NCC(=O)Nc1ccc(F)cc1. The number of amides is 2. The molecule has 28 heavy (non-hydrogen) atoms. The van der Waals surface area contributed by atoms with E-state index in [1.54, 1.807) is 6.07 Å². The second kappa shape index (κ2) is 9.76. The van der Waals surface area contributed by atoms with Crippen molar-refractivity contribution in [2.75, 3.05) is 18.5 Å². The minimum absolute atomic E-state index is 0.164. The summed E-state index contributed by atoms with van der Waals surface area (Å²) in [6, 6.07) is 10.8. The van der Waals surface area contributed by atoms with Crippen LogP contribution in [0.25, 0.3) is 0 Å². The highest BCUT2D eigenvalue weighted by Crippen LogP contribution is 2.18. The van der Waals surface area contributed by atoms with Crippen molar-refractivity contribution in [3.05, 3.63) is 70.0 Å². The number of nitrogens with one attached hydrogen (secondary N) is 2. The van der Waals surface area contributed by atoms with Gasteiger partial charge < -0.3 is 15.4 Å². The van der Waals surface area contributed by atoms with Gasteiger partial charge in [-0.2, -0.15) is 0 Å². The van der Waals surface area contributed by atoms with Gasteiger partial charge in [-0.3, -0.25) is 24.5 Å². The van der Waals surface area contributed by atoms with Crippen molar-refractivity contribution in [1.82, 2.24) is 5.32 Å². The molecule has 0 atom stereocenters. The highest BCUT2D eigenvalue weighted by atomic mass is 19.1. The fourth-order valence-corrected chi connectivity index (χ4v) is 2.16. The number of nitro groups is 1. The molecule has 0 spiro atoms. The average molecular weight is 389 g/mol. The van der Waals surface area contributed by atoms with Crippen LogP contribution < -0.4 is 10.6 Å². The van der Waals surface area contributed by atoms with Crippen molar-refractivity contribution in [3.8, 4) is 0 Å². The zero-order valence-electron chi connectivity index (χ0n) is 14.5. The highest BCUT2D eigenvalue weighted by molar-refractivity contribution is 5.94. The Bertz CT molecular complexity index is 885. The number of para-hydroxylation sites is 1. The maximum atomic E-state index is 12.8. The van der Waals surface area contributed by atoms with Crippen molar-refractivity contribution >= 4 is 29.2 Å². The number of halogens is 1. The van der Waals surface area contributed by atoms with Gasteiger partial charge in [-0.1, -0.05) is 18.2 Å². The highest BCUT2D eigenvalue weighted by Gasteiger charge is 2.17. The van der Waals surface area contributed by atoms with E-state index in [1.807, 2.05) is 0 Å². The Kier molecular flexibility index (Phi) is 7.14. The van der Waals surface area contributed by atoms with Crippen LogP contribution in [-0.2, 0) is 25.5 Å². The molecule has 9 nitrogen and oxygen atoms in total. The van der Waals surface area contributed by atoms with Crippen LogP contribution in [0, 0.1) is 15.9 Å². The molecule has 2 amide bonds. The van der Waals surface area contributed by atoms with Gasteiger partial charge in [0.05, 0.1) is 17.9 Å². The van der Waals surface area contributed by atoms with Gasteiger partial charge in [-0.05, 0) is 24.3 Å². The number of hydrogen-bond acceptors (Lipinski definition) is 6. The van der Waals surface area contributed by atoms with Gasteiger partial charge in [-0.15, -0.1) is 0 Å². The summed E-state index contributed by atoms with van der Waals surface area (Å²) in [7, 11) is 0. The monoisotopic (exact) mass is 389 g/mol. The number of carbonyl (C=O) groups excluding carboxylic acids is 3. The maximum Gasteiger partial charge on any atom is 0.311 e. The van der Waals surface area contributed by atoms with Gasteiger partial charge in [-0.25, -0.2) is 4.39 Å². The summed E-state index contributed by atoms with van der Waals surface area (Å²) in [6.07, 6.45) is -0.366. The number of ether oxygens (including phenoxy) is 1. The maximum absolute atomic E-state index is 12.8. The number of carbonyl (C=O) groups is 3. The molecule has 0 aromatic heterocycles. The van der Waals surface area contributed by atoms with Gasteiger partial charge in [0, 0.05) is 17.3 Å². The van der Waals surface area contributed by atoms with Crippen LogP contribution in [-0.4, -0.2) is 35.9 Å². The van der Waals surface area contributed by atoms with Crippen molar-refractivity contribution in [1.29, 1.82) is 0 Å². The fraction of sp³-hybridized carbons (Fsp3) is 0.167. The molecule has 10 heteroatoms. The molecule has 0 bridgehead atoms. The Morgan fingerprint density at radius 1 is 1.04 bits per heavy atom. The van der Waals surface area contributed by atoms with Crippen molar-refractivity contribution in [2.24, 2.45) is 0 Å². The van der Waals surface area contributed by atoms with Gasteiger partial charge in [0.1, 0.15) is 5.82 Å². The molecule has 146 valence electrons. The van der Waals surface area contributed by atoms with Crippen molar-refractivity contribution in [3.63, 3.8) is 0 Å². The third-order valence-electron chi connectivity index (χ3n) is 3.46. The minimum atomic E-state index is -0.819. The van der Waals surface area contributed by atoms with Crippen LogP contribution in [0.3, 0.4) is 0 Å². The van der Waals surface area contributed by atoms with Crippen LogP contribution in [0.4, 0.5) is 15.8 Å². The number of nitro benzene ring substituents is 1. The third kappa shape index (κ3) is 6.48. The lowest BCUT2D eigenvalue weighted by atomic mass is 10.1. The Labute approximate surface area is 158 Å². The molecule has 0 aliphatic rings. The van der Waals surface area contributed by atoms with Crippen LogP contribution in [0.2, 0.25) is 0 Å². The normalized spacial score (nSPS) is 10.0. The lowest BCUT2D eigenvalue weighted by molar-refractivity contribution is -0.385. The number of hydrogen-bond donors (Lipinski definition) is 2. The zero-order valence-corrected chi connectivity index (χ0v) is 14.5. The molecule has 2 aromatic rings. The number of nitrogens with zero attached hydrogens (tertiary/aromatic N) is 1. The van der Waals surface area contributed by atoms with Crippen LogP contribution >= 0.6 is 0 Å². The van der Waals surface area contributed by atoms with E-state index >= 15 is 0 Å². The standard InChI is InChI=1S/C18H16FN3O6/c19-13-5-7-14(8-6-13)21-16(23)10-20-17(24)11-28-18(25)9-12-3-1-2-4-15(12)22(26)27/h1-8H,9-11H2,(H,20,24)(H,21,23). The van der Waals surface area contributed by atoms with E-state index in [4.69, 9.17) is 4.74 Å². The van der Waals surface area contributed by atoms with E-state index in [-0.39, 0.29) is 24.2 Å². The summed E-state index contributed by atoms with van der Waals surface area (Å²) in [5.41, 5.74) is 0.300. The van der Waals surface area contributed by atoms with Crippen LogP contribution in [0.5, 0.6) is 0 Å². The predicted molar refractivity (Wildman–Crippen MR) is 95.8 cm³/mol. The Hall–Kier alpha value is -3.82. The molecular weight excluding hydrogens is 373 g/mol. The van der Waals surface area contributed by atoms with E-state index < -0.39 is 35.1 Å². The quantitative estimate of drug-likeness (QED) is 0.401. The first-order valence-electron chi connectivity index (χ1n) is 8.05. The predicted octanol–water partition coefficient (Wildman–Crippen LogP) is 1.57. The first-order valence-corrected chi connectivity index (χ1v) is 8.05. The van der Waals surface area contributed by atoms with E-state index in [0.717, 1.165) is 0 Å². The smallest absolute Gasteiger partial charge is 0.311 e. The molecule has 2 N–H and O–H groups in total. The summed E-state index contributed by atoms with van der Waals surface area (Å²) in [5, 5.41) is 15.6. The van der Waals surface area contributed by atoms with Gasteiger partial charge >= 0.3 is 5.97 Å². The van der Waals surface area contributed by atoms with Gasteiger partial charge in [0.2, 0.25) is 5.91 Å². The largest absolute Gasteiger partial charge is 0.455 e. The zero-order chi connectivity index (χ0) is 20.5. The first kappa shape index (κ1) is 20.5. The first-order chi connectivity index (χ1) is 13.3. The van der Waals surface area contributed by atoms with E-state index in [2.05, 4.69) is 10.6 Å². The summed E-state index contributed by atoms with van der Waals surface area (Å²) < 4.78 is 17.5. The minimum Gasteiger partial charge on any atom is -0.455 e. The van der Waals surface area contributed by atoms with E-state index in [9.17, 15) is 28.9 Å². The molecular formula is C18H16FN3O6. The molecule has 2 rings (SSSR count). The number of benzene rings is 2. The lowest BCUT2D eigenvalue weighted by Gasteiger charge is -2.08. The summed E-state index contributed by atoms with van der Waals surface area (Å²) in [4.78, 5) is 45.4. The molecule has 0 aliphatic carbocycles. The van der Waals surface area contributed by atoms with Crippen molar-refractivity contribution < 1.29 is 28.4 Å². The summed E-state index contributed by atoms with van der Waals surface area (Å²) >= 11 is 0. The molecule has 0 heterocycles. The van der Waals surface area contributed by atoms with Crippen molar-refractivity contribution in [2.45, 2.75) is 6.42 Å². The molecule has 0 fully saturated rings. The fourth-order valence-electron chi connectivity index (χ4n) is 2.16. The van der Waals surface area contributed by atoms with E-state index in [1.165, 1.54) is 42.5 Å². The third-order valence-corrected chi connectivity index (χ3v) is 3.46. The average Bonchev–Trinajstić information content (AvgIpc) is 2.67. The second-order valence-electron chi connectivity index (χ2n) is 5.56. The van der Waals surface area contributed by atoms with Crippen LogP contribution in [0.1, 0.15) is 5.56 Å². The van der Waals surface area contributed by atoms with Gasteiger partial charge in [0.15, 0.2) is 6.61 Å². The molecule has 0 saturated carbocycles. The molecule has 0 saturated heterocycles. The molecule has 2 aromatic carbocycles. The van der Waals surface area contributed by atoms with Crippen LogP contribution in [0.15, 0.2) is 48.5 Å². The van der Waals surface area contributed by atoms with E-state index in [0.29, 0.717) is 5.69 Å². The Morgan fingerprint density at radius 2 is 1.71 bits per heavy atom. The Balaban J connectivity index is 1.73. The molecule has 0 radical (unpaired) electrons. The van der Waals surface area contributed by atoms with Gasteiger partial charge in [0.25, 0.3) is 11.6 Å². The molecule has 0 aliphatic heterocycles. The molecule has 0 unspecified atom stereocenters. The Morgan fingerprint density at radius 3 is 2.39 bits per heavy atom. The lowest BCUT2D eigenvalue weighted by Crippen LogP contribution is -2.35. The number of esters is 1. The summed E-state index contributed by atoms with van der Waals surface area (Å²) in [6.45, 7) is -1.01. The number of rotatable bonds is 8. The summed E-state index contributed by atoms with van der Waals surface area (Å²) in [5.74, 6) is -2.54.